The minimum Gasteiger partial charge on any atom is -0.408 e. The fraction of sp³-hybridized carbons (Fsp3) is 0.733. The van der Waals surface area contributed by atoms with Gasteiger partial charge < -0.3 is 9.64 Å². The van der Waals surface area contributed by atoms with Crippen molar-refractivity contribution < 1.29 is 31.1 Å². The van der Waals surface area contributed by atoms with Crippen LogP contribution in [0.15, 0.2) is 21.6 Å². The Morgan fingerprint density at radius 3 is 2.44 bits per heavy atom. The maximum Gasteiger partial charge on any atom is 0.472 e. The molecular weight excluding hydrogens is 352 g/mol. The zero-order valence-corrected chi connectivity index (χ0v) is 13.8. The molecule has 0 atom stereocenters. The van der Waals surface area contributed by atoms with Crippen LogP contribution in [0.25, 0.3) is 0 Å². The van der Waals surface area contributed by atoms with Gasteiger partial charge in [-0.2, -0.15) is 26.3 Å². The van der Waals surface area contributed by atoms with Crippen LogP contribution in [-0.4, -0.2) is 61.3 Å². The number of rotatable bonds is 6. The van der Waals surface area contributed by atoms with Gasteiger partial charge in [0, 0.05) is 19.5 Å². The molecule has 0 amide bonds. The molecule has 2 aliphatic rings. The van der Waals surface area contributed by atoms with Crippen LogP contribution in [0.5, 0.6) is 0 Å². The molecule has 142 valence electrons. The molecule has 0 N–H and O–H groups in total. The summed E-state index contributed by atoms with van der Waals surface area (Å²) in [6.45, 7) is 2.00. The summed E-state index contributed by atoms with van der Waals surface area (Å²) in [5.41, 5.74) is 0.394. The Morgan fingerprint density at radius 2 is 1.84 bits per heavy atom. The van der Waals surface area contributed by atoms with Gasteiger partial charge in [-0.3, -0.25) is 4.99 Å². The Bertz CT molecular complexity index is 600. The predicted molar refractivity (Wildman–Crippen MR) is 80.8 cm³/mol. The molecule has 0 radical (unpaired) electrons. The Hall–Kier alpha value is -1.58. The van der Waals surface area contributed by atoms with Crippen molar-refractivity contribution in [2.45, 2.75) is 44.1 Å². The van der Waals surface area contributed by atoms with Crippen LogP contribution in [0.1, 0.15) is 26.2 Å². The SMILES string of the molecule is CCCC(F)(F)C(F)(F)C(F)(F)OC1=NCN=C1C1=CCCN(C)C1. The van der Waals surface area contributed by atoms with Crippen molar-refractivity contribution in [3.8, 4) is 0 Å². The molecule has 0 aromatic rings. The highest BCUT2D eigenvalue weighted by atomic mass is 19.3. The average molecular weight is 371 g/mol. The van der Waals surface area contributed by atoms with Crippen LogP contribution in [0.2, 0.25) is 0 Å². The van der Waals surface area contributed by atoms with Gasteiger partial charge in [0.2, 0.25) is 5.90 Å². The fourth-order valence-corrected chi connectivity index (χ4v) is 2.57. The number of alkyl halides is 6. The van der Waals surface area contributed by atoms with Gasteiger partial charge in [-0.05, 0) is 19.0 Å². The van der Waals surface area contributed by atoms with E-state index >= 15 is 0 Å². The molecule has 0 saturated carbocycles. The summed E-state index contributed by atoms with van der Waals surface area (Å²) in [4.78, 5) is 9.26. The summed E-state index contributed by atoms with van der Waals surface area (Å²) >= 11 is 0. The largest absolute Gasteiger partial charge is 0.472 e. The summed E-state index contributed by atoms with van der Waals surface area (Å²) in [5, 5.41) is 0. The lowest BCUT2D eigenvalue weighted by Crippen LogP contribution is -2.56. The third-order valence-corrected chi connectivity index (χ3v) is 3.91. The molecular formula is C15H19F6N3O. The zero-order valence-electron chi connectivity index (χ0n) is 13.8. The van der Waals surface area contributed by atoms with E-state index in [-0.39, 0.29) is 18.8 Å². The molecule has 0 unspecified atom stereocenters. The maximum atomic E-state index is 13.9. The van der Waals surface area contributed by atoms with E-state index < -0.39 is 30.3 Å². The van der Waals surface area contributed by atoms with E-state index in [2.05, 4.69) is 14.7 Å². The molecule has 10 heteroatoms. The molecule has 2 heterocycles. The highest BCUT2D eigenvalue weighted by Gasteiger charge is 2.73. The first-order valence-corrected chi connectivity index (χ1v) is 7.81. The summed E-state index contributed by atoms with van der Waals surface area (Å²) in [7, 11) is 1.79. The van der Waals surface area contributed by atoms with Crippen LogP contribution < -0.4 is 0 Å². The van der Waals surface area contributed by atoms with Gasteiger partial charge in [0.25, 0.3) is 0 Å². The minimum atomic E-state index is -5.68. The normalized spacial score (nSPS) is 20.2. The molecule has 0 spiro atoms. The number of likely N-dealkylation sites (N-methyl/N-ethyl adjacent to an activating group) is 1. The van der Waals surface area contributed by atoms with Gasteiger partial charge in [-0.25, -0.2) is 4.99 Å². The molecule has 4 nitrogen and oxygen atoms in total. The van der Waals surface area contributed by atoms with Crippen molar-refractivity contribution in [2.75, 3.05) is 26.8 Å². The van der Waals surface area contributed by atoms with E-state index in [1.165, 1.54) is 6.92 Å². The molecule has 0 aromatic heterocycles. The van der Waals surface area contributed by atoms with E-state index in [1.807, 2.05) is 4.90 Å². The maximum absolute atomic E-state index is 13.9. The van der Waals surface area contributed by atoms with Gasteiger partial charge in [-0.15, -0.1) is 0 Å². The first-order chi connectivity index (χ1) is 11.5. The van der Waals surface area contributed by atoms with Gasteiger partial charge >= 0.3 is 18.0 Å². The van der Waals surface area contributed by atoms with Crippen LogP contribution in [0.4, 0.5) is 26.3 Å². The fourth-order valence-electron chi connectivity index (χ4n) is 2.57. The van der Waals surface area contributed by atoms with Crippen molar-refractivity contribution in [1.82, 2.24) is 4.90 Å². The number of ether oxygens (including phenoxy) is 1. The Morgan fingerprint density at radius 1 is 1.16 bits per heavy atom. The molecule has 0 aromatic carbocycles. The highest BCUT2D eigenvalue weighted by molar-refractivity contribution is 6.46. The zero-order chi connectivity index (χ0) is 18.9. The summed E-state index contributed by atoms with van der Waals surface area (Å²) in [6, 6.07) is 0. The van der Waals surface area contributed by atoms with Crippen molar-refractivity contribution in [2.24, 2.45) is 9.98 Å². The summed E-state index contributed by atoms with van der Waals surface area (Å²) < 4.78 is 86.1. The van der Waals surface area contributed by atoms with E-state index in [9.17, 15) is 26.3 Å². The molecule has 25 heavy (non-hydrogen) atoms. The number of nitrogens with zero attached hydrogens (tertiary/aromatic N) is 3. The summed E-state index contributed by atoms with van der Waals surface area (Å²) in [5.74, 6) is -11.4. The average Bonchev–Trinajstić information content (AvgIpc) is 2.94. The molecule has 0 saturated heterocycles. The smallest absolute Gasteiger partial charge is 0.408 e. The van der Waals surface area contributed by atoms with Crippen molar-refractivity contribution >= 4 is 11.6 Å². The lowest BCUT2D eigenvalue weighted by Gasteiger charge is -2.32. The number of hydrogen-bond donors (Lipinski definition) is 0. The van der Waals surface area contributed by atoms with E-state index in [1.54, 1.807) is 13.1 Å². The third-order valence-electron chi connectivity index (χ3n) is 3.91. The second kappa shape index (κ2) is 6.97. The standard InChI is InChI=1S/C15H19F6N3O/c1-3-6-13(16,17)14(18,19)15(20,21)25-12-11(22-9-23-12)10-5-4-7-24(2)8-10/h5H,3-4,6-9H2,1-2H3. The van der Waals surface area contributed by atoms with Crippen LogP contribution in [0.3, 0.4) is 0 Å². The van der Waals surface area contributed by atoms with E-state index in [4.69, 9.17) is 0 Å². The lowest BCUT2D eigenvalue weighted by atomic mass is 10.0. The van der Waals surface area contributed by atoms with Crippen molar-refractivity contribution in [1.29, 1.82) is 0 Å². The quantitative estimate of drug-likeness (QED) is 0.667. The Labute approximate surface area is 141 Å². The molecule has 0 fully saturated rings. The lowest BCUT2D eigenvalue weighted by molar-refractivity contribution is -0.377. The van der Waals surface area contributed by atoms with E-state index in [0.29, 0.717) is 18.5 Å². The molecule has 0 aliphatic carbocycles. The van der Waals surface area contributed by atoms with Gasteiger partial charge in [0.1, 0.15) is 12.4 Å². The van der Waals surface area contributed by atoms with Crippen LogP contribution >= 0.6 is 0 Å². The highest BCUT2D eigenvalue weighted by Crippen LogP contribution is 2.48. The van der Waals surface area contributed by atoms with Gasteiger partial charge in [-0.1, -0.05) is 19.4 Å². The van der Waals surface area contributed by atoms with Gasteiger partial charge in [0.15, 0.2) is 0 Å². The topological polar surface area (TPSA) is 37.2 Å². The second-order valence-corrected chi connectivity index (χ2v) is 6.01. The first-order valence-electron chi connectivity index (χ1n) is 7.81. The Kier molecular flexibility index (Phi) is 5.50. The van der Waals surface area contributed by atoms with E-state index in [0.717, 1.165) is 6.54 Å². The monoisotopic (exact) mass is 371 g/mol. The van der Waals surface area contributed by atoms with Crippen LogP contribution in [0, 0.1) is 0 Å². The number of aliphatic imine (C=N–C) groups is 2. The number of hydrogen-bond acceptors (Lipinski definition) is 4. The molecule has 2 aliphatic heterocycles. The van der Waals surface area contributed by atoms with Crippen molar-refractivity contribution in [3.05, 3.63) is 11.6 Å². The number of halogens is 6. The van der Waals surface area contributed by atoms with Gasteiger partial charge in [0.05, 0.1) is 0 Å². The van der Waals surface area contributed by atoms with Crippen LogP contribution in [-0.2, 0) is 4.74 Å². The third kappa shape index (κ3) is 3.83. The minimum absolute atomic E-state index is 0.0965. The predicted octanol–water partition coefficient (Wildman–Crippen LogP) is 3.74. The molecule has 2 rings (SSSR count). The first kappa shape index (κ1) is 19.7. The summed E-state index contributed by atoms with van der Waals surface area (Å²) in [6.07, 6.45) is -4.87. The van der Waals surface area contributed by atoms with Crippen molar-refractivity contribution in [3.63, 3.8) is 0 Å². The molecule has 0 bridgehead atoms. The Balaban J connectivity index is 2.20. The second-order valence-electron chi connectivity index (χ2n) is 6.01.